The van der Waals surface area contributed by atoms with Gasteiger partial charge in [0.25, 0.3) is 0 Å². The van der Waals surface area contributed by atoms with E-state index in [4.69, 9.17) is 4.99 Å². The Labute approximate surface area is 158 Å². The van der Waals surface area contributed by atoms with Crippen molar-refractivity contribution in [3.63, 3.8) is 0 Å². The molecule has 152 valence electrons. The van der Waals surface area contributed by atoms with Gasteiger partial charge in [0, 0.05) is 45.9 Å². The standard InChI is InChI=1S/C18H36N4O3S/c1-2-19-17(20-9-10-22-11-14-26(24,25)15-12-22)21-16-18(8-13-23)6-4-3-5-7-18/h23H,2-16H2,1H3,(H2,19,20,21). The average Bonchev–Trinajstić information content (AvgIpc) is 2.62. The minimum Gasteiger partial charge on any atom is -0.396 e. The van der Waals surface area contributed by atoms with Crippen LogP contribution in [-0.2, 0) is 9.84 Å². The zero-order valence-corrected chi connectivity index (χ0v) is 17.0. The van der Waals surface area contributed by atoms with E-state index in [-0.39, 0.29) is 23.5 Å². The van der Waals surface area contributed by atoms with Gasteiger partial charge in [-0.25, -0.2) is 8.42 Å². The van der Waals surface area contributed by atoms with Gasteiger partial charge in [0.15, 0.2) is 15.8 Å². The Kier molecular flexibility index (Phi) is 8.63. The van der Waals surface area contributed by atoms with E-state index in [2.05, 4.69) is 22.5 Å². The third-order valence-corrected chi connectivity index (χ3v) is 7.24. The summed E-state index contributed by atoms with van der Waals surface area (Å²) in [6.07, 6.45) is 6.89. The van der Waals surface area contributed by atoms with Gasteiger partial charge in [0.05, 0.1) is 11.5 Å². The molecule has 8 heteroatoms. The molecule has 2 rings (SSSR count). The summed E-state index contributed by atoms with van der Waals surface area (Å²) < 4.78 is 23.0. The first-order valence-electron chi connectivity index (χ1n) is 10.0. The van der Waals surface area contributed by atoms with Crippen molar-refractivity contribution in [3.05, 3.63) is 0 Å². The summed E-state index contributed by atoms with van der Waals surface area (Å²) in [7, 11) is -2.82. The topological polar surface area (TPSA) is 94.0 Å². The number of hydrogen-bond donors (Lipinski definition) is 3. The molecule has 1 aliphatic heterocycles. The summed E-state index contributed by atoms with van der Waals surface area (Å²) in [5, 5.41) is 16.1. The van der Waals surface area contributed by atoms with Crippen LogP contribution in [-0.4, -0.2) is 81.8 Å². The van der Waals surface area contributed by atoms with Crippen molar-refractivity contribution in [1.82, 2.24) is 15.5 Å². The van der Waals surface area contributed by atoms with Crippen LogP contribution in [0.5, 0.6) is 0 Å². The highest BCUT2D eigenvalue weighted by atomic mass is 32.2. The van der Waals surface area contributed by atoms with Crippen molar-refractivity contribution in [2.45, 2.75) is 45.4 Å². The molecule has 26 heavy (non-hydrogen) atoms. The number of aliphatic hydroxyl groups is 1. The number of guanidine groups is 1. The molecule has 0 spiro atoms. The van der Waals surface area contributed by atoms with E-state index in [0.717, 1.165) is 51.4 Å². The van der Waals surface area contributed by atoms with Crippen LogP contribution < -0.4 is 10.6 Å². The van der Waals surface area contributed by atoms with Crippen molar-refractivity contribution < 1.29 is 13.5 Å². The predicted octanol–water partition coefficient (Wildman–Crippen LogP) is 0.605. The van der Waals surface area contributed by atoms with Gasteiger partial charge in [0.1, 0.15) is 0 Å². The van der Waals surface area contributed by atoms with Gasteiger partial charge in [-0.1, -0.05) is 19.3 Å². The summed E-state index contributed by atoms with van der Waals surface area (Å²) in [4.78, 5) is 6.99. The molecule has 3 N–H and O–H groups in total. The molecule has 0 unspecified atom stereocenters. The van der Waals surface area contributed by atoms with E-state index in [1.807, 2.05) is 0 Å². The van der Waals surface area contributed by atoms with Crippen LogP contribution in [0.4, 0.5) is 0 Å². The minimum absolute atomic E-state index is 0.149. The number of nitrogens with one attached hydrogen (secondary N) is 2. The summed E-state index contributed by atoms with van der Waals surface area (Å²) in [6.45, 7) is 6.66. The quantitative estimate of drug-likeness (QED) is 0.417. The van der Waals surface area contributed by atoms with Gasteiger partial charge in [-0.3, -0.25) is 9.89 Å². The van der Waals surface area contributed by atoms with Crippen molar-refractivity contribution in [3.8, 4) is 0 Å². The molecule has 0 amide bonds. The number of rotatable bonds is 8. The lowest BCUT2D eigenvalue weighted by Gasteiger charge is -2.35. The molecule has 1 saturated carbocycles. The van der Waals surface area contributed by atoms with E-state index >= 15 is 0 Å². The highest BCUT2D eigenvalue weighted by Crippen LogP contribution is 2.39. The second kappa shape index (κ2) is 10.5. The molecule has 1 saturated heterocycles. The number of nitrogens with zero attached hydrogens (tertiary/aromatic N) is 2. The molecular formula is C18H36N4O3S. The zero-order valence-electron chi connectivity index (χ0n) is 16.2. The van der Waals surface area contributed by atoms with Crippen molar-refractivity contribution >= 4 is 15.8 Å². The normalized spacial score (nSPS) is 23.5. The summed E-state index contributed by atoms with van der Waals surface area (Å²) in [6, 6.07) is 0. The fourth-order valence-electron chi connectivity index (χ4n) is 3.92. The van der Waals surface area contributed by atoms with E-state index in [1.54, 1.807) is 0 Å². The lowest BCUT2D eigenvalue weighted by atomic mass is 9.72. The first-order valence-corrected chi connectivity index (χ1v) is 11.9. The maximum absolute atomic E-state index is 11.5. The van der Waals surface area contributed by atoms with E-state index in [1.165, 1.54) is 19.3 Å². The van der Waals surface area contributed by atoms with Crippen LogP contribution >= 0.6 is 0 Å². The molecule has 2 aliphatic rings. The smallest absolute Gasteiger partial charge is 0.191 e. The summed E-state index contributed by atoms with van der Waals surface area (Å²) in [5.41, 5.74) is 0.149. The SMILES string of the molecule is CCNC(=NCC1(CCO)CCCCC1)NCCN1CCS(=O)(=O)CC1. The lowest BCUT2D eigenvalue weighted by Crippen LogP contribution is -2.46. The average molecular weight is 389 g/mol. The van der Waals surface area contributed by atoms with Crippen LogP contribution in [0.25, 0.3) is 0 Å². The minimum atomic E-state index is -2.82. The van der Waals surface area contributed by atoms with Gasteiger partial charge in [-0.15, -0.1) is 0 Å². The van der Waals surface area contributed by atoms with Crippen LogP contribution in [0.1, 0.15) is 45.4 Å². The van der Waals surface area contributed by atoms with Gasteiger partial charge >= 0.3 is 0 Å². The van der Waals surface area contributed by atoms with E-state index < -0.39 is 9.84 Å². The molecule has 0 atom stereocenters. The maximum atomic E-state index is 11.5. The van der Waals surface area contributed by atoms with Crippen LogP contribution in [0, 0.1) is 5.41 Å². The molecular weight excluding hydrogens is 352 g/mol. The molecule has 2 fully saturated rings. The third-order valence-electron chi connectivity index (χ3n) is 5.63. The second-order valence-corrected chi connectivity index (χ2v) is 9.95. The molecule has 7 nitrogen and oxygen atoms in total. The van der Waals surface area contributed by atoms with Crippen molar-refractivity contribution in [1.29, 1.82) is 0 Å². The largest absolute Gasteiger partial charge is 0.396 e. The number of aliphatic imine (C=N–C) groups is 1. The molecule has 0 bridgehead atoms. The molecule has 1 aliphatic carbocycles. The molecule has 0 aromatic heterocycles. The van der Waals surface area contributed by atoms with Gasteiger partial charge in [0.2, 0.25) is 0 Å². The Bertz CT molecular complexity index is 525. The zero-order chi connectivity index (χ0) is 18.9. The van der Waals surface area contributed by atoms with E-state index in [0.29, 0.717) is 13.1 Å². The van der Waals surface area contributed by atoms with E-state index in [9.17, 15) is 13.5 Å². The third kappa shape index (κ3) is 7.04. The predicted molar refractivity (Wildman–Crippen MR) is 106 cm³/mol. The van der Waals surface area contributed by atoms with Crippen molar-refractivity contribution in [2.24, 2.45) is 10.4 Å². The Morgan fingerprint density at radius 3 is 2.46 bits per heavy atom. The first kappa shape index (κ1) is 21.4. The highest BCUT2D eigenvalue weighted by Gasteiger charge is 2.31. The fourth-order valence-corrected chi connectivity index (χ4v) is 5.20. The van der Waals surface area contributed by atoms with Gasteiger partial charge in [-0.05, 0) is 31.6 Å². The molecule has 0 aromatic rings. The maximum Gasteiger partial charge on any atom is 0.191 e. The summed E-state index contributed by atoms with van der Waals surface area (Å²) in [5.74, 6) is 1.36. The first-order chi connectivity index (χ1) is 12.5. The van der Waals surface area contributed by atoms with Crippen molar-refractivity contribution in [2.75, 3.05) is 57.4 Å². The number of aliphatic hydroxyl groups excluding tert-OH is 1. The Morgan fingerprint density at radius 2 is 1.85 bits per heavy atom. The number of sulfone groups is 1. The Balaban J connectivity index is 1.82. The second-order valence-electron chi connectivity index (χ2n) is 7.65. The molecule has 1 heterocycles. The lowest BCUT2D eigenvalue weighted by molar-refractivity contribution is 0.137. The van der Waals surface area contributed by atoms with Crippen LogP contribution in [0.2, 0.25) is 0 Å². The van der Waals surface area contributed by atoms with Crippen LogP contribution in [0.15, 0.2) is 4.99 Å². The Hall–Kier alpha value is -0.860. The van der Waals surface area contributed by atoms with Crippen LogP contribution in [0.3, 0.4) is 0 Å². The molecule has 0 radical (unpaired) electrons. The Morgan fingerprint density at radius 1 is 1.15 bits per heavy atom. The molecule has 0 aromatic carbocycles. The van der Waals surface area contributed by atoms with Gasteiger partial charge in [-0.2, -0.15) is 0 Å². The van der Waals surface area contributed by atoms with Gasteiger partial charge < -0.3 is 15.7 Å². The summed E-state index contributed by atoms with van der Waals surface area (Å²) >= 11 is 0. The monoisotopic (exact) mass is 388 g/mol. The highest BCUT2D eigenvalue weighted by molar-refractivity contribution is 7.91. The number of hydrogen-bond acceptors (Lipinski definition) is 5. The fraction of sp³-hybridized carbons (Fsp3) is 0.944.